The SMILES string of the molecule is CC(C)(C)OC(=O)N1C[C@H]2C[C@@H](C1)CN(C(=O)n1ccnc1)C2. The molecule has 0 unspecified atom stereocenters. The third kappa shape index (κ3) is 3.65. The Hall–Kier alpha value is -2.05. The fourth-order valence-corrected chi connectivity index (χ4v) is 3.45. The summed E-state index contributed by atoms with van der Waals surface area (Å²) >= 11 is 0. The van der Waals surface area contributed by atoms with Gasteiger partial charge in [0.1, 0.15) is 11.9 Å². The van der Waals surface area contributed by atoms with E-state index >= 15 is 0 Å². The molecule has 23 heavy (non-hydrogen) atoms. The molecule has 7 heteroatoms. The summed E-state index contributed by atoms with van der Waals surface area (Å²) < 4.78 is 6.98. The number of carbonyl (C=O) groups is 2. The summed E-state index contributed by atoms with van der Waals surface area (Å²) in [6.45, 7) is 8.28. The molecule has 0 aliphatic carbocycles. The van der Waals surface area contributed by atoms with E-state index in [-0.39, 0.29) is 12.1 Å². The molecule has 0 spiro atoms. The monoisotopic (exact) mass is 320 g/mol. The van der Waals surface area contributed by atoms with Crippen molar-refractivity contribution in [2.75, 3.05) is 26.2 Å². The first-order valence-corrected chi connectivity index (χ1v) is 8.07. The topological polar surface area (TPSA) is 67.7 Å². The number of carbonyl (C=O) groups excluding carboxylic acids is 2. The molecule has 2 aliphatic heterocycles. The summed E-state index contributed by atoms with van der Waals surface area (Å²) in [6.07, 6.45) is 5.61. The Bertz CT molecular complexity index is 565. The first-order valence-electron chi connectivity index (χ1n) is 8.07. The summed E-state index contributed by atoms with van der Waals surface area (Å²) in [7, 11) is 0. The Morgan fingerprint density at radius 3 is 2.22 bits per heavy atom. The maximum absolute atomic E-state index is 12.4. The second-order valence-electron chi connectivity index (χ2n) is 7.51. The largest absolute Gasteiger partial charge is 0.444 e. The number of nitrogens with zero attached hydrogens (tertiary/aromatic N) is 4. The number of aromatic nitrogens is 2. The van der Waals surface area contributed by atoms with Crippen molar-refractivity contribution in [3.05, 3.63) is 18.7 Å². The minimum Gasteiger partial charge on any atom is -0.444 e. The Labute approximate surface area is 136 Å². The summed E-state index contributed by atoms with van der Waals surface area (Å²) in [6, 6.07) is -0.0390. The van der Waals surface area contributed by atoms with Gasteiger partial charge in [-0.15, -0.1) is 0 Å². The lowest BCUT2D eigenvalue weighted by Gasteiger charge is -2.45. The van der Waals surface area contributed by atoms with Crippen LogP contribution in [0.5, 0.6) is 0 Å². The van der Waals surface area contributed by atoms with Crippen molar-refractivity contribution >= 4 is 12.1 Å². The third-order valence-electron chi connectivity index (χ3n) is 4.23. The first kappa shape index (κ1) is 15.8. The number of amides is 2. The summed E-state index contributed by atoms with van der Waals surface area (Å²) in [5.41, 5.74) is -0.479. The van der Waals surface area contributed by atoms with Gasteiger partial charge in [-0.2, -0.15) is 0 Å². The van der Waals surface area contributed by atoms with Crippen LogP contribution in [-0.4, -0.2) is 63.3 Å². The Morgan fingerprint density at radius 2 is 1.70 bits per heavy atom. The molecule has 2 bridgehead atoms. The Morgan fingerprint density at radius 1 is 1.09 bits per heavy atom. The van der Waals surface area contributed by atoms with Gasteiger partial charge in [-0.1, -0.05) is 0 Å². The molecule has 0 radical (unpaired) electrons. The van der Waals surface area contributed by atoms with Crippen LogP contribution in [0.4, 0.5) is 9.59 Å². The molecule has 126 valence electrons. The van der Waals surface area contributed by atoms with Crippen molar-refractivity contribution in [2.24, 2.45) is 11.8 Å². The van der Waals surface area contributed by atoms with Crippen LogP contribution >= 0.6 is 0 Å². The van der Waals surface area contributed by atoms with Gasteiger partial charge >= 0.3 is 12.1 Å². The number of ether oxygens (including phenoxy) is 1. The molecule has 3 heterocycles. The lowest BCUT2D eigenvalue weighted by molar-refractivity contribution is -0.00398. The molecule has 2 aliphatic rings. The second-order valence-corrected chi connectivity index (χ2v) is 7.51. The summed E-state index contributed by atoms with van der Waals surface area (Å²) in [4.78, 5) is 32.3. The zero-order valence-corrected chi connectivity index (χ0v) is 13.9. The van der Waals surface area contributed by atoms with Crippen molar-refractivity contribution in [1.29, 1.82) is 0 Å². The molecular weight excluding hydrogens is 296 g/mol. The number of likely N-dealkylation sites (tertiary alicyclic amines) is 2. The van der Waals surface area contributed by atoms with Gasteiger partial charge < -0.3 is 14.5 Å². The quantitative estimate of drug-likeness (QED) is 0.733. The Kier molecular flexibility index (Phi) is 4.04. The Balaban J connectivity index is 1.62. The van der Waals surface area contributed by atoms with Crippen LogP contribution in [0.3, 0.4) is 0 Å². The minimum absolute atomic E-state index is 0.0390. The van der Waals surface area contributed by atoms with E-state index in [1.54, 1.807) is 17.3 Å². The van der Waals surface area contributed by atoms with Crippen LogP contribution in [0.25, 0.3) is 0 Å². The van der Waals surface area contributed by atoms with Gasteiger partial charge in [0.05, 0.1) is 0 Å². The molecule has 3 rings (SSSR count). The van der Waals surface area contributed by atoms with Gasteiger partial charge in [-0.05, 0) is 39.0 Å². The van der Waals surface area contributed by atoms with Crippen LogP contribution < -0.4 is 0 Å². The maximum Gasteiger partial charge on any atom is 0.410 e. The van der Waals surface area contributed by atoms with Crippen molar-refractivity contribution < 1.29 is 14.3 Å². The molecule has 2 fully saturated rings. The van der Waals surface area contributed by atoms with E-state index in [0.29, 0.717) is 38.0 Å². The van der Waals surface area contributed by atoms with Gasteiger partial charge in [0, 0.05) is 38.6 Å². The fraction of sp³-hybridized carbons (Fsp3) is 0.688. The lowest BCUT2D eigenvalue weighted by Crippen LogP contribution is -2.56. The van der Waals surface area contributed by atoms with Gasteiger partial charge in [0.2, 0.25) is 0 Å². The number of hydrogen-bond acceptors (Lipinski definition) is 4. The molecule has 2 saturated heterocycles. The van der Waals surface area contributed by atoms with Gasteiger partial charge in [-0.25, -0.2) is 14.6 Å². The number of rotatable bonds is 0. The highest BCUT2D eigenvalue weighted by atomic mass is 16.6. The van der Waals surface area contributed by atoms with Gasteiger partial charge in [0.25, 0.3) is 0 Å². The van der Waals surface area contributed by atoms with Crippen molar-refractivity contribution in [3.8, 4) is 0 Å². The highest BCUT2D eigenvalue weighted by molar-refractivity contribution is 5.77. The summed E-state index contributed by atoms with van der Waals surface area (Å²) in [5.74, 6) is 0.616. The highest BCUT2D eigenvalue weighted by Crippen LogP contribution is 2.29. The average molecular weight is 320 g/mol. The van der Waals surface area contributed by atoms with Crippen LogP contribution in [0.2, 0.25) is 0 Å². The zero-order chi connectivity index (χ0) is 16.6. The number of fused-ring (bicyclic) bond motifs is 2. The predicted octanol–water partition coefficient (Wildman–Crippen LogP) is 2.04. The van der Waals surface area contributed by atoms with Gasteiger partial charge in [0.15, 0.2) is 0 Å². The lowest BCUT2D eigenvalue weighted by atomic mass is 9.85. The molecule has 0 aromatic carbocycles. The van der Waals surface area contributed by atoms with Crippen molar-refractivity contribution in [1.82, 2.24) is 19.4 Å². The standard InChI is InChI=1S/C16H24N4O3/c1-16(2,3)23-15(22)20-9-12-6-13(10-20)8-19(7-12)14(21)18-5-4-17-11-18/h4-5,11-13H,6-10H2,1-3H3/t12-,13+. The smallest absolute Gasteiger partial charge is 0.410 e. The maximum atomic E-state index is 12.4. The molecule has 0 saturated carbocycles. The van der Waals surface area contributed by atoms with Crippen molar-refractivity contribution in [3.63, 3.8) is 0 Å². The van der Waals surface area contributed by atoms with Crippen molar-refractivity contribution in [2.45, 2.75) is 32.8 Å². The molecule has 2 atom stereocenters. The molecular formula is C16H24N4O3. The van der Waals surface area contributed by atoms with E-state index in [9.17, 15) is 9.59 Å². The van der Waals surface area contributed by atoms with E-state index in [4.69, 9.17) is 4.74 Å². The molecule has 1 aromatic rings. The number of imidazole rings is 1. The zero-order valence-electron chi connectivity index (χ0n) is 13.9. The summed E-state index contributed by atoms with van der Waals surface area (Å²) in [5, 5.41) is 0. The van der Waals surface area contributed by atoms with E-state index in [0.717, 1.165) is 6.42 Å². The predicted molar refractivity (Wildman–Crippen MR) is 84.0 cm³/mol. The highest BCUT2D eigenvalue weighted by Gasteiger charge is 2.38. The normalized spacial score (nSPS) is 24.5. The number of hydrogen-bond donors (Lipinski definition) is 0. The van der Waals surface area contributed by atoms with Crippen LogP contribution in [0.1, 0.15) is 27.2 Å². The molecule has 2 amide bonds. The van der Waals surface area contributed by atoms with Crippen LogP contribution in [-0.2, 0) is 4.74 Å². The average Bonchev–Trinajstić information content (AvgIpc) is 2.97. The molecule has 7 nitrogen and oxygen atoms in total. The van der Waals surface area contributed by atoms with Gasteiger partial charge in [-0.3, -0.25) is 4.57 Å². The number of piperidine rings is 2. The fourth-order valence-electron chi connectivity index (χ4n) is 3.45. The van der Waals surface area contributed by atoms with Crippen LogP contribution in [0, 0.1) is 11.8 Å². The molecule has 1 aromatic heterocycles. The van der Waals surface area contributed by atoms with E-state index in [1.807, 2.05) is 25.7 Å². The van der Waals surface area contributed by atoms with E-state index < -0.39 is 5.60 Å². The molecule has 0 N–H and O–H groups in total. The first-order chi connectivity index (χ1) is 10.8. The van der Waals surface area contributed by atoms with E-state index in [2.05, 4.69) is 4.98 Å². The van der Waals surface area contributed by atoms with E-state index in [1.165, 1.54) is 10.9 Å². The minimum atomic E-state index is -0.479. The second kappa shape index (κ2) is 5.86. The third-order valence-corrected chi connectivity index (χ3v) is 4.23. The van der Waals surface area contributed by atoms with Crippen LogP contribution in [0.15, 0.2) is 18.7 Å².